The fraction of sp³-hybridized carbons (Fsp3) is 0.548. The summed E-state index contributed by atoms with van der Waals surface area (Å²) in [5.41, 5.74) is 3.15. The van der Waals surface area contributed by atoms with Crippen molar-refractivity contribution in [3.63, 3.8) is 0 Å². The van der Waals surface area contributed by atoms with Gasteiger partial charge in [-0.3, -0.25) is 4.79 Å². The highest BCUT2D eigenvalue weighted by Gasteiger charge is 2.46. The van der Waals surface area contributed by atoms with Gasteiger partial charge in [0, 0.05) is 57.3 Å². The molecule has 4 atom stereocenters. The lowest BCUT2D eigenvalue weighted by molar-refractivity contribution is -0.131. The number of carbonyl (C=O) groups excluding carboxylic acids is 1. The van der Waals surface area contributed by atoms with E-state index in [1.54, 1.807) is 30.7 Å². The number of aryl methyl sites for hydroxylation is 1. The molecular weight excluding hydrogens is 707 g/mol. The standard InChI is InChI=1S/C42H57N3O8S/c1-30-9-16-36(17-10-30)54(47,48)45-28-40(53-29-31-11-18-39-38(24-31)44(20-23-52-39)19-7-21-49-4)37(32-12-14-34(50-5)15-13-32)25-33(45)26-42(2,3)41(46)43-27-35-8-6-22-51-35/h9-18,24,33,35,37,40H,6-8,19-23,25-29H2,1-5H3,(H,43,46)/t33?,35-,37?,40-/m0/s1. The first-order valence-corrected chi connectivity index (χ1v) is 20.7. The summed E-state index contributed by atoms with van der Waals surface area (Å²) >= 11 is 0. The minimum Gasteiger partial charge on any atom is -0.497 e. The lowest BCUT2D eigenvalue weighted by Crippen LogP contribution is -2.54. The number of carbonyl (C=O) groups is 1. The lowest BCUT2D eigenvalue weighted by atomic mass is 9.77. The van der Waals surface area contributed by atoms with E-state index in [0.717, 1.165) is 66.2 Å². The van der Waals surface area contributed by atoms with Crippen LogP contribution in [0.1, 0.15) is 68.6 Å². The average molecular weight is 764 g/mol. The van der Waals surface area contributed by atoms with Crippen LogP contribution in [0.15, 0.2) is 71.6 Å². The fourth-order valence-corrected chi connectivity index (χ4v) is 9.54. The fourth-order valence-electron chi connectivity index (χ4n) is 7.89. The van der Waals surface area contributed by atoms with Crippen LogP contribution in [0.3, 0.4) is 0 Å². The van der Waals surface area contributed by atoms with Crippen molar-refractivity contribution in [3.8, 4) is 11.5 Å². The molecule has 3 aliphatic heterocycles. The maximum atomic E-state index is 14.6. The highest BCUT2D eigenvalue weighted by atomic mass is 32.2. The van der Waals surface area contributed by atoms with E-state index >= 15 is 0 Å². The second kappa shape index (κ2) is 17.8. The van der Waals surface area contributed by atoms with Gasteiger partial charge in [-0.15, -0.1) is 0 Å². The molecule has 3 heterocycles. The van der Waals surface area contributed by atoms with Crippen LogP contribution in [0.25, 0.3) is 0 Å². The summed E-state index contributed by atoms with van der Waals surface area (Å²) in [5.74, 6) is 1.32. The highest BCUT2D eigenvalue weighted by molar-refractivity contribution is 7.89. The lowest BCUT2D eigenvalue weighted by Gasteiger charge is -2.45. The van der Waals surface area contributed by atoms with Gasteiger partial charge >= 0.3 is 0 Å². The van der Waals surface area contributed by atoms with Crippen molar-refractivity contribution in [2.45, 2.75) is 88.5 Å². The molecule has 3 aromatic rings. The SMILES string of the molecule is COCCCN1CCOc2ccc(CO[C@H]3CN(S(=O)(=O)c4ccc(C)cc4)C(CC(C)(C)C(=O)NC[C@@H]4CCCO4)CC3c3ccc(OC)cc3)cc21. The van der Waals surface area contributed by atoms with Crippen LogP contribution in [-0.2, 0) is 35.6 Å². The topological polar surface area (TPSA) is 116 Å². The smallest absolute Gasteiger partial charge is 0.243 e. The Balaban J connectivity index is 1.30. The predicted octanol–water partition coefficient (Wildman–Crippen LogP) is 6.08. The third-order valence-electron chi connectivity index (χ3n) is 11.0. The van der Waals surface area contributed by atoms with Crippen molar-refractivity contribution in [3.05, 3.63) is 83.4 Å². The van der Waals surface area contributed by atoms with Gasteiger partial charge in [-0.2, -0.15) is 4.31 Å². The number of amides is 1. The maximum Gasteiger partial charge on any atom is 0.243 e. The third-order valence-corrected chi connectivity index (χ3v) is 12.9. The first kappa shape index (κ1) is 40.0. The number of benzene rings is 3. The van der Waals surface area contributed by atoms with Gasteiger partial charge in [0.15, 0.2) is 0 Å². The van der Waals surface area contributed by atoms with Gasteiger partial charge in [0.05, 0.1) is 43.1 Å². The first-order chi connectivity index (χ1) is 26.0. The Morgan fingerprint density at radius 2 is 1.80 bits per heavy atom. The number of sulfonamides is 1. The number of hydrogen-bond donors (Lipinski definition) is 1. The molecule has 3 aliphatic rings. The van der Waals surface area contributed by atoms with Crippen molar-refractivity contribution in [1.82, 2.24) is 9.62 Å². The van der Waals surface area contributed by atoms with E-state index in [4.69, 9.17) is 23.7 Å². The van der Waals surface area contributed by atoms with Gasteiger partial charge in [0.2, 0.25) is 15.9 Å². The predicted molar refractivity (Wildman–Crippen MR) is 209 cm³/mol. The Labute approximate surface area is 321 Å². The van der Waals surface area contributed by atoms with Crippen LogP contribution >= 0.6 is 0 Å². The van der Waals surface area contributed by atoms with Crippen LogP contribution in [0.5, 0.6) is 11.5 Å². The number of nitrogens with zero attached hydrogens (tertiary/aromatic N) is 2. The normalized spacial score (nSPS) is 22.1. The zero-order chi connectivity index (χ0) is 38.3. The second-order valence-electron chi connectivity index (χ2n) is 15.4. The average Bonchev–Trinajstić information content (AvgIpc) is 3.70. The first-order valence-electron chi connectivity index (χ1n) is 19.2. The molecule has 2 saturated heterocycles. The molecule has 1 amide bonds. The number of rotatable bonds is 16. The number of ether oxygens (including phenoxy) is 5. The van der Waals surface area contributed by atoms with Crippen molar-refractivity contribution >= 4 is 21.6 Å². The second-order valence-corrected chi connectivity index (χ2v) is 17.3. The van der Waals surface area contributed by atoms with Crippen LogP contribution in [-0.4, -0.2) is 97.1 Å². The molecule has 1 N–H and O–H groups in total. The monoisotopic (exact) mass is 763 g/mol. The molecule has 294 valence electrons. The molecule has 2 unspecified atom stereocenters. The summed E-state index contributed by atoms with van der Waals surface area (Å²) in [4.78, 5) is 16.3. The molecule has 3 aromatic carbocycles. The molecule has 54 heavy (non-hydrogen) atoms. The van der Waals surface area contributed by atoms with Gasteiger partial charge < -0.3 is 33.9 Å². The molecule has 12 heteroatoms. The number of hydrogen-bond acceptors (Lipinski definition) is 9. The van der Waals surface area contributed by atoms with Crippen molar-refractivity contribution in [2.24, 2.45) is 5.41 Å². The molecule has 2 fully saturated rings. The number of nitrogens with one attached hydrogen (secondary N) is 1. The molecule has 0 spiro atoms. The largest absolute Gasteiger partial charge is 0.497 e. The maximum absolute atomic E-state index is 14.6. The molecule has 0 bridgehead atoms. The molecule has 0 aliphatic carbocycles. The van der Waals surface area contributed by atoms with Gasteiger partial charge in [-0.05, 0) is 86.6 Å². The van der Waals surface area contributed by atoms with Crippen LogP contribution in [0, 0.1) is 12.3 Å². The molecule has 0 saturated carbocycles. The van der Waals surface area contributed by atoms with E-state index in [1.807, 2.05) is 69.3 Å². The summed E-state index contributed by atoms with van der Waals surface area (Å²) in [6.45, 7) is 10.3. The number of piperidine rings is 1. The van der Waals surface area contributed by atoms with E-state index < -0.39 is 27.6 Å². The van der Waals surface area contributed by atoms with Gasteiger partial charge in [0.25, 0.3) is 0 Å². The van der Waals surface area contributed by atoms with Gasteiger partial charge in [-0.1, -0.05) is 49.7 Å². The molecule has 11 nitrogen and oxygen atoms in total. The van der Waals surface area contributed by atoms with Crippen LogP contribution < -0.4 is 19.7 Å². The number of anilines is 1. The molecule has 0 aromatic heterocycles. The minimum absolute atomic E-state index is 0.0107. The summed E-state index contributed by atoms with van der Waals surface area (Å²) in [7, 11) is -0.611. The number of fused-ring (bicyclic) bond motifs is 1. The minimum atomic E-state index is -3.97. The van der Waals surface area contributed by atoms with Gasteiger partial charge in [0.1, 0.15) is 18.1 Å². The quantitative estimate of drug-likeness (QED) is 0.173. The molecule has 0 radical (unpaired) electrons. The Morgan fingerprint density at radius 1 is 1.02 bits per heavy atom. The van der Waals surface area contributed by atoms with Crippen molar-refractivity contribution in [1.29, 1.82) is 0 Å². The molecule has 6 rings (SSSR count). The van der Waals surface area contributed by atoms with Crippen LogP contribution in [0.2, 0.25) is 0 Å². The van der Waals surface area contributed by atoms with Crippen molar-refractivity contribution in [2.75, 3.05) is 65.1 Å². The summed E-state index contributed by atoms with van der Waals surface area (Å²) in [5, 5.41) is 3.10. The Morgan fingerprint density at radius 3 is 2.50 bits per heavy atom. The Kier molecular flexibility index (Phi) is 13.2. The third kappa shape index (κ3) is 9.57. The number of methoxy groups -OCH3 is 2. The summed E-state index contributed by atoms with van der Waals surface area (Å²) < 4.78 is 60.1. The van der Waals surface area contributed by atoms with E-state index in [1.165, 1.54) is 0 Å². The Hall–Kier alpha value is -3.68. The molecular formula is C42H57N3O8S. The highest BCUT2D eigenvalue weighted by Crippen LogP contribution is 2.42. The van der Waals surface area contributed by atoms with E-state index in [-0.39, 0.29) is 36.0 Å². The van der Waals surface area contributed by atoms with Crippen LogP contribution in [0.4, 0.5) is 5.69 Å². The summed E-state index contributed by atoms with van der Waals surface area (Å²) in [6.07, 6.45) is 3.15. The zero-order valence-corrected chi connectivity index (χ0v) is 33.2. The van der Waals surface area contributed by atoms with E-state index in [9.17, 15) is 13.2 Å². The van der Waals surface area contributed by atoms with E-state index in [2.05, 4.69) is 16.3 Å². The zero-order valence-electron chi connectivity index (χ0n) is 32.4. The Bertz CT molecular complexity index is 1790. The van der Waals surface area contributed by atoms with E-state index in [0.29, 0.717) is 39.2 Å². The summed E-state index contributed by atoms with van der Waals surface area (Å²) in [6, 6.07) is 20.6. The van der Waals surface area contributed by atoms with Crippen molar-refractivity contribution < 1.29 is 36.9 Å². The van der Waals surface area contributed by atoms with Gasteiger partial charge in [-0.25, -0.2) is 8.42 Å².